The summed E-state index contributed by atoms with van der Waals surface area (Å²) >= 11 is 2.79. The molecule has 12 heteroatoms. The van der Waals surface area contributed by atoms with Gasteiger partial charge >= 0.3 is 12.0 Å². The minimum absolute atomic E-state index is 0.209. The van der Waals surface area contributed by atoms with E-state index in [9.17, 15) is 9.59 Å². The average Bonchev–Trinajstić information content (AvgIpc) is 3.53. The normalized spacial score (nSPS) is 21.0. The lowest BCUT2D eigenvalue weighted by Crippen LogP contribution is -2.46. The molecule has 4 rings (SSSR count). The summed E-state index contributed by atoms with van der Waals surface area (Å²) < 4.78 is 17.0. The van der Waals surface area contributed by atoms with Crippen molar-refractivity contribution >= 4 is 40.2 Å². The lowest BCUT2D eigenvalue weighted by Gasteiger charge is -2.27. The molecule has 0 unspecified atom stereocenters. The first kappa shape index (κ1) is 21.7. The van der Waals surface area contributed by atoms with Gasteiger partial charge in [-0.3, -0.25) is 0 Å². The van der Waals surface area contributed by atoms with E-state index in [1.807, 2.05) is 0 Å². The summed E-state index contributed by atoms with van der Waals surface area (Å²) in [5.74, 6) is 0.263. The number of urea groups is 1. The van der Waals surface area contributed by atoms with Crippen LogP contribution >= 0.6 is 23.1 Å². The standard InChI is InChI=1S/C19H23N5O5S2/c1-2-27-16(25)14-12(21-17(26)22-15(14)13-6-4-8-29-13)10-30-19-24-23-18(31-19)20-9-11-5-3-7-28-11/h4,6,8,11,15H,2-3,5,7,9-10H2,1H3,(H,20,23)(H2,21,22,26)/t11-,15+/m1/s1. The Bertz CT molecular complexity index is 939. The third-order valence-corrected chi connectivity index (χ3v) is 6.77. The van der Waals surface area contributed by atoms with Gasteiger partial charge in [-0.1, -0.05) is 23.1 Å². The van der Waals surface area contributed by atoms with Gasteiger partial charge in [-0.2, -0.15) is 0 Å². The van der Waals surface area contributed by atoms with Crippen LogP contribution in [0.2, 0.25) is 0 Å². The zero-order chi connectivity index (χ0) is 21.6. The fraction of sp³-hybridized carbons (Fsp3) is 0.474. The van der Waals surface area contributed by atoms with Crippen molar-refractivity contribution < 1.29 is 23.5 Å². The Morgan fingerprint density at radius 3 is 3.10 bits per heavy atom. The van der Waals surface area contributed by atoms with Crippen LogP contribution in [-0.4, -0.2) is 53.8 Å². The van der Waals surface area contributed by atoms with Gasteiger partial charge in [0.2, 0.25) is 5.13 Å². The van der Waals surface area contributed by atoms with Crippen molar-refractivity contribution in [3.05, 3.63) is 35.4 Å². The van der Waals surface area contributed by atoms with Gasteiger partial charge in [-0.15, -0.1) is 10.2 Å². The number of hydrogen-bond acceptors (Lipinski definition) is 10. The van der Waals surface area contributed by atoms with E-state index in [1.54, 1.807) is 19.1 Å². The molecule has 1 saturated heterocycles. The molecule has 3 N–H and O–H groups in total. The first-order valence-electron chi connectivity index (χ1n) is 9.97. The molecule has 4 heterocycles. The Morgan fingerprint density at radius 2 is 2.35 bits per heavy atom. The van der Waals surface area contributed by atoms with Crippen molar-refractivity contribution in [2.75, 3.05) is 30.8 Å². The zero-order valence-electron chi connectivity index (χ0n) is 16.9. The van der Waals surface area contributed by atoms with E-state index < -0.39 is 18.0 Å². The number of ether oxygens (including phenoxy) is 2. The minimum atomic E-state index is -0.726. The van der Waals surface area contributed by atoms with E-state index in [2.05, 4.69) is 26.1 Å². The van der Waals surface area contributed by atoms with Crippen LogP contribution in [0.25, 0.3) is 0 Å². The van der Waals surface area contributed by atoms with Crippen molar-refractivity contribution in [1.82, 2.24) is 20.8 Å². The predicted molar refractivity (Wildman–Crippen MR) is 115 cm³/mol. The Kier molecular flexibility index (Phi) is 7.10. The Morgan fingerprint density at radius 1 is 1.45 bits per heavy atom. The molecule has 0 radical (unpaired) electrons. The number of carbonyl (C=O) groups excluding carboxylic acids is 2. The first-order chi connectivity index (χ1) is 15.1. The summed E-state index contributed by atoms with van der Waals surface area (Å²) in [7, 11) is 0. The zero-order valence-corrected chi connectivity index (χ0v) is 18.5. The maximum Gasteiger partial charge on any atom is 0.338 e. The molecular formula is C19H23N5O5S2. The minimum Gasteiger partial charge on any atom is -0.467 e. The van der Waals surface area contributed by atoms with Crippen LogP contribution in [0.3, 0.4) is 0 Å². The average molecular weight is 466 g/mol. The number of thioether (sulfide) groups is 1. The maximum absolute atomic E-state index is 12.7. The van der Waals surface area contributed by atoms with Gasteiger partial charge in [0.1, 0.15) is 11.8 Å². The number of rotatable bonds is 9. The third-order valence-electron chi connectivity index (χ3n) is 4.73. The van der Waals surface area contributed by atoms with Crippen molar-refractivity contribution in [2.24, 2.45) is 0 Å². The highest BCUT2D eigenvalue weighted by Crippen LogP contribution is 2.32. The number of anilines is 1. The molecule has 0 bridgehead atoms. The first-order valence-corrected chi connectivity index (χ1v) is 11.8. The van der Waals surface area contributed by atoms with E-state index in [1.165, 1.54) is 29.4 Å². The molecule has 31 heavy (non-hydrogen) atoms. The second-order valence-corrected chi connectivity index (χ2v) is 9.04. The molecule has 0 spiro atoms. The number of hydrogen-bond donors (Lipinski definition) is 3. The highest BCUT2D eigenvalue weighted by atomic mass is 32.2. The molecule has 1 fully saturated rings. The summed E-state index contributed by atoms with van der Waals surface area (Å²) in [6, 6.07) is 2.27. The van der Waals surface area contributed by atoms with Crippen molar-refractivity contribution in [2.45, 2.75) is 36.3 Å². The fourth-order valence-corrected chi connectivity index (χ4v) is 5.06. The largest absolute Gasteiger partial charge is 0.467 e. The number of nitrogens with zero attached hydrogens (tertiary/aromatic N) is 2. The van der Waals surface area contributed by atoms with E-state index >= 15 is 0 Å². The molecule has 2 amide bonds. The van der Waals surface area contributed by atoms with Gasteiger partial charge in [-0.25, -0.2) is 9.59 Å². The van der Waals surface area contributed by atoms with Gasteiger partial charge < -0.3 is 29.8 Å². The van der Waals surface area contributed by atoms with Crippen LogP contribution in [0, 0.1) is 0 Å². The molecule has 0 aliphatic carbocycles. The van der Waals surface area contributed by atoms with Crippen LogP contribution in [-0.2, 0) is 14.3 Å². The summed E-state index contributed by atoms with van der Waals surface area (Å²) in [6.07, 6.45) is 3.83. The molecular weight excluding hydrogens is 442 g/mol. The number of esters is 1. The predicted octanol–water partition coefficient (Wildman–Crippen LogP) is 2.69. The molecule has 10 nitrogen and oxygen atoms in total. The van der Waals surface area contributed by atoms with Crippen molar-refractivity contribution in [3.8, 4) is 0 Å². The molecule has 2 aromatic rings. The summed E-state index contributed by atoms with van der Waals surface area (Å²) in [6.45, 7) is 3.46. The van der Waals surface area contributed by atoms with E-state index in [4.69, 9.17) is 13.9 Å². The second kappa shape index (κ2) is 10.2. The summed E-state index contributed by atoms with van der Waals surface area (Å²) in [5.41, 5.74) is 0.766. The Hall–Kier alpha value is -2.57. The van der Waals surface area contributed by atoms with E-state index in [-0.39, 0.29) is 12.7 Å². The monoisotopic (exact) mass is 465 g/mol. The van der Waals surface area contributed by atoms with E-state index in [0.717, 1.165) is 19.4 Å². The SMILES string of the molecule is CCOC(=O)C1=C(CSc2nnc(NC[C@H]3CCCO3)s2)NC(=O)N[C@H]1c1ccco1. The van der Waals surface area contributed by atoms with Gasteiger partial charge in [0.25, 0.3) is 0 Å². The number of aromatic nitrogens is 2. The van der Waals surface area contributed by atoms with Crippen LogP contribution in [0.15, 0.2) is 38.4 Å². The quantitative estimate of drug-likeness (QED) is 0.378. The molecule has 2 atom stereocenters. The van der Waals surface area contributed by atoms with Crippen LogP contribution in [0.1, 0.15) is 31.6 Å². The smallest absolute Gasteiger partial charge is 0.338 e. The van der Waals surface area contributed by atoms with Crippen molar-refractivity contribution in [1.29, 1.82) is 0 Å². The highest BCUT2D eigenvalue weighted by Gasteiger charge is 2.35. The molecule has 0 saturated carbocycles. The molecule has 166 valence electrons. The second-order valence-electron chi connectivity index (χ2n) is 6.84. The van der Waals surface area contributed by atoms with Gasteiger partial charge in [0.05, 0.1) is 24.5 Å². The van der Waals surface area contributed by atoms with Crippen LogP contribution in [0.5, 0.6) is 0 Å². The highest BCUT2D eigenvalue weighted by molar-refractivity contribution is 8.01. The molecule has 2 aliphatic heterocycles. The van der Waals surface area contributed by atoms with Gasteiger partial charge in [0.15, 0.2) is 4.34 Å². The summed E-state index contributed by atoms with van der Waals surface area (Å²) in [4.78, 5) is 24.9. The lowest BCUT2D eigenvalue weighted by molar-refractivity contribution is -0.139. The third kappa shape index (κ3) is 5.38. The Balaban J connectivity index is 1.47. The van der Waals surface area contributed by atoms with Gasteiger partial charge in [-0.05, 0) is 31.9 Å². The topological polar surface area (TPSA) is 128 Å². The number of carbonyl (C=O) groups is 2. The molecule has 2 aliphatic rings. The summed E-state index contributed by atoms with van der Waals surface area (Å²) in [5, 5.41) is 17.7. The van der Waals surface area contributed by atoms with Crippen LogP contribution in [0.4, 0.5) is 9.93 Å². The van der Waals surface area contributed by atoms with E-state index in [0.29, 0.717) is 38.8 Å². The lowest BCUT2D eigenvalue weighted by atomic mass is 10.0. The van der Waals surface area contributed by atoms with Crippen LogP contribution < -0.4 is 16.0 Å². The molecule has 2 aromatic heterocycles. The fourth-order valence-electron chi connectivity index (χ4n) is 3.33. The number of nitrogens with one attached hydrogen (secondary N) is 3. The number of furan rings is 1. The Labute approximate surface area is 187 Å². The van der Waals surface area contributed by atoms with Gasteiger partial charge in [0, 0.05) is 24.6 Å². The maximum atomic E-state index is 12.7. The van der Waals surface area contributed by atoms with Crippen molar-refractivity contribution in [3.63, 3.8) is 0 Å². The number of amides is 2. The molecule has 0 aromatic carbocycles.